The van der Waals surface area contributed by atoms with Crippen molar-refractivity contribution >= 4 is 22.8 Å². The fourth-order valence-electron chi connectivity index (χ4n) is 4.56. The Morgan fingerprint density at radius 3 is 2.71 bits per heavy atom. The largest absolute Gasteiger partial charge is 0.492 e. The number of fused-ring (bicyclic) bond motifs is 3. The molecule has 1 amide bonds. The predicted molar refractivity (Wildman–Crippen MR) is 115 cm³/mol. The van der Waals surface area contributed by atoms with Gasteiger partial charge in [0.15, 0.2) is 0 Å². The minimum absolute atomic E-state index is 0.0365. The molecule has 0 bridgehead atoms. The van der Waals surface area contributed by atoms with E-state index in [-0.39, 0.29) is 24.3 Å². The van der Waals surface area contributed by atoms with Crippen molar-refractivity contribution in [1.82, 2.24) is 9.47 Å². The summed E-state index contributed by atoms with van der Waals surface area (Å²) >= 11 is 0. The van der Waals surface area contributed by atoms with Crippen LogP contribution < -0.4 is 4.74 Å². The number of para-hydroxylation sites is 1. The molecular formula is C24H25FN2O4. The highest BCUT2D eigenvalue weighted by molar-refractivity contribution is 5.87. The fraction of sp³-hybridized carbons (Fsp3) is 0.333. The highest BCUT2D eigenvalue weighted by Crippen LogP contribution is 2.34. The second-order valence-electron chi connectivity index (χ2n) is 7.84. The summed E-state index contributed by atoms with van der Waals surface area (Å²) in [5.74, 6) is -0.575. The van der Waals surface area contributed by atoms with E-state index in [1.807, 2.05) is 35.2 Å². The Balaban J connectivity index is 1.57. The molecule has 1 aliphatic rings. The molecule has 0 radical (unpaired) electrons. The van der Waals surface area contributed by atoms with Crippen molar-refractivity contribution in [1.29, 1.82) is 0 Å². The van der Waals surface area contributed by atoms with Gasteiger partial charge in [-0.2, -0.15) is 0 Å². The van der Waals surface area contributed by atoms with Crippen LogP contribution in [0, 0.1) is 5.82 Å². The van der Waals surface area contributed by atoms with Gasteiger partial charge in [0, 0.05) is 29.6 Å². The minimum Gasteiger partial charge on any atom is -0.492 e. The Bertz CT molecular complexity index is 1110. The van der Waals surface area contributed by atoms with Gasteiger partial charge in [-0.3, -0.25) is 9.59 Å². The predicted octanol–water partition coefficient (Wildman–Crippen LogP) is 3.65. The smallest absolute Gasteiger partial charge is 0.323 e. The van der Waals surface area contributed by atoms with Gasteiger partial charge in [-0.1, -0.05) is 18.2 Å². The number of ether oxygens (including phenoxy) is 1. The highest BCUT2D eigenvalue weighted by atomic mass is 19.1. The molecule has 0 fully saturated rings. The molecule has 2 aromatic carbocycles. The Labute approximate surface area is 179 Å². The van der Waals surface area contributed by atoms with Crippen molar-refractivity contribution in [3.05, 3.63) is 65.6 Å². The molecule has 1 heterocycles. The van der Waals surface area contributed by atoms with E-state index in [0.29, 0.717) is 26.0 Å². The molecule has 0 unspecified atom stereocenters. The average Bonchev–Trinajstić information content (AvgIpc) is 3.03. The van der Waals surface area contributed by atoms with Gasteiger partial charge >= 0.3 is 5.97 Å². The van der Waals surface area contributed by atoms with Crippen LogP contribution in [0.4, 0.5) is 4.39 Å². The zero-order valence-corrected chi connectivity index (χ0v) is 17.4. The molecule has 7 heteroatoms. The van der Waals surface area contributed by atoms with Gasteiger partial charge in [-0.25, -0.2) is 4.39 Å². The van der Waals surface area contributed by atoms with Crippen LogP contribution in [-0.2, 0) is 29.0 Å². The third-order valence-electron chi connectivity index (χ3n) is 5.89. The summed E-state index contributed by atoms with van der Waals surface area (Å²) in [4.78, 5) is 25.6. The summed E-state index contributed by atoms with van der Waals surface area (Å²) in [6.07, 6.45) is 1.91. The number of rotatable bonds is 7. The SMILES string of the molecule is CC(=O)N(CCOc1ccccc1)[C@H]1CCc2c(c3cc(F)ccc3n2CC(=O)O)C1. The van der Waals surface area contributed by atoms with Crippen LogP contribution in [0.5, 0.6) is 5.75 Å². The molecule has 31 heavy (non-hydrogen) atoms. The monoisotopic (exact) mass is 424 g/mol. The van der Waals surface area contributed by atoms with Crippen molar-refractivity contribution in [3.8, 4) is 5.75 Å². The van der Waals surface area contributed by atoms with Gasteiger partial charge in [-0.15, -0.1) is 0 Å². The normalized spacial score (nSPS) is 15.5. The van der Waals surface area contributed by atoms with Gasteiger partial charge < -0.3 is 19.3 Å². The van der Waals surface area contributed by atoms with Crippen LogP contribution in [0.15, 0.2) is 48.5 Å². The first-order valence-electron chi connectivity index (χ1n) is 10.4. The maximum absolute atomic E-state index is 14.0. The molecule has 1 N–H and O–H groups in total. The van der Waals surface area contributed by atoms with Gasteiger partial charge in [0.05, 0.1) is 6.54 Å². The number of amides is 1. The zero-order chi connectivity index (χ0) is 22.0. The van der Waals surface area contributed by atoms with E-state index < -0.39 is 5.97 Å². The molecule has 0 aliphatic heterocycles. The second-order valence-corrected chi connectivity index (χ2v) is 7.84. The number of hydrogen-bond donors (Lipinski definition) is 1. The summed E-state index contributed by atoms with van der Waals surface area (Å²) in [6, 6.07) is 13.9. The van der Waals surface area contributed by atoms with Crippen LogP contribution in [-0.4, -0.2) is 45.6 Å². The molecule has 6 nitrogen and oxygen atoms in total. The van der Waals surface area contributed by atoms with Crippen molar-refractivity contribution in [2.45, 2.75) is 38.8 Å². The van der Waals surface area contributed by atoms with E-state index in [1.165, 1.54) is 12.1 Å². The number of aromatic nitrogens is 1. The van der Waals surface area contributed by atoms with Crippen LogP contribution in [0.3, 0.4) is 0 Å². The first-order valence-corrected chi connectivity index (χ1v) is 10.4. The van der Waals surface area contributed by atoms with Gasteiger partial charge in [0.25, 0.3) is 0 Å². The molecular weight excluding hydrogens is 399 g/mol. The minimum atomic E-state index is -0.936. The average molecular weight is 424 g/mol. The number of nitrogens with zero attached hydrogens (tertiary/aromatic N) is 2. The number of benzene rings is 2. The Morgan fingerprint density at radius 1 is 1.23 bits per heavy atom. The summed E-state index contributed by atoms with van der Waals surface area (Å²) in [7, 11) is 0. The summed E-state index contributed by atoms with van der Waals surface area (Å²) < 4.78 is 21.5. The molecule has 162 valence electrons. The Hall–Kier alpha value is -3.35. The van der Waals surface area contributed by atoms with E-state index in [2.05, 4.69) is 0 Å². The zero-order valence-electron chi connectivity index (χ0n) is 17.4. The second kappa shape index (κ2) is 8.79. The van der Waals surface area contributed by atoms with E-state index in [1.54, 1.807) is 17.6 Å². The number of aliphatic carboxylic acids is 1. The molecule has 1 aromatic heterocycles. The lowest BCUT2D eigenvalue weighted by molar-refractivity contribution is -0.137. The summed E-state index contributed by atoms with van der Waals surface area (Å²) in [6.45, 7) is 2.21. The summed E-state index contributed by atoms with van der Waals surface area (Å²) in [5, 5.41) is 10.1. The number of carboxylic acid groups (broad SMARTS) is 1. The number of carboxylic acids is 1. The number of carbonyl (C=O) groups is 2. The van der Waals surface area contributed by atoms with Crippen molar-refractivity contribution in [2.75, 3.05) is 13.2 Å². The van der Waals surface area contributed by atoms with Crippen LogP contribution in [0.25, 0.3) is 10.9 Å². The number of carbonyl (C=O) groups excluding carboxylic acids is 1. The van der Waals surface area contributed by atoms with Crippen molar-refractivity contribution in [2.24, 2.45) is 0 Å². The molecule has 3 aromatic rings. The Morgan fingerprint density at radius 2 is 2.00 bits per heavy atom. The van der Waals surface area contributed by atoms with E-state index in [0.717, 1.165) is 34.3 Å². The fourth-order valence-corrected chi connectivity index (χ4v) is 4.56. The topological polar surface area (TPSA) is 71.8 Å². The molecule has 0 saturated heterocycles. The number of hydrogen-bond acceptors (Lipinski definition) is 3. The first-order chi connectivity index (χ1) is 14.9. The third-order valence-corrected chi connectivity index (χ3v) is 5.89. The maximum atomic E-state index is 14.0. The number of halogens is 1. The van der Waals surface area contributed by atoms with E-state index in [4.69, 9.17) is 4.74 Å². The van der Waals surface area contributed by atoms with Crippen LogP contribution in [0.2, 0.25) is 0 Å². The lowest BCUT2D eigenvalue weighted by Gasteiger charge is -2.34. The van der Waals surface area contributed by atoms with Gasteiger partial charge in [0.1, 0.15) is 24.7 Å². The van der Waals surface area contributed by atoms with E-state index >= 15 is 0 Å². The van der Waals surface area contributed by atoms with Gasteiger partial charge in [-0.05, 0) is 55.2 Å². The lowest BCUT2D eigenvalue weighted by Crippen LogP contribution is -2.44. The van der Waals surface area contributed by atoms with Crippen molar-refractivity contribution in [3.63, 3.8) is 0 Å². The maximum Gasteiger partial charge on any atom is 0.323 e. The van der Waals surface area contributed by atoms with Gasteiger partial charge in [0.2, 0.25) is 5.91 Å². The highest BCUT2D eigenvalue weighted by Gasteiger charge is 2.30. The summed E-state index contributed by atoms with van der Waals surface area (Å²) in [5.41, 5.74) is 2.57. The molecule has 1 aliphatic carbocycles. The van der Waals surface area contributed by atoms with E-state index in [9.17, 15) is 19.1 Å². The standard InChI is InChI=1S/C24H25FN2O4/c1-16(28)26(11-12-31-19-5-3-2-4-6-19)18-8-10-23-21(14-18)20-13-17(25)7-9-22(20)27(23)15-24(29)30/h2-7,9,13,18H,8,10-12,14-15H2,1H3,(H,29,30)/t18-/m0/s1. The van der Waals surface area contributed by atoms with Crippen LogP contribution in [0.1, 0.15) is 24.6 Å². The quantitative estimate of drug-likeness (QED) is 0.629. The molecule has 0 saturated carbocycles. The molecule has 4 rings (SSSR count). The molecule has 0 spiro atoms. The third kappa shape index (κ3) is 4.40. The molecule has 1 atom stereocenters. The van der Waals surface area contributed by atoms with Crippen LogP contribution >= 0.6 is 0 Å². The van der Waals surface area contributed by atoms with Crippen molar-refractivity contribution < 1.29 is 23.8 Å². The lowest BCUT2D eigenvalue weighted by atomic mass is 9.90. The Kier molecular flexibility index (Phi) is 5.93. The first kappa shape index (κ1) is 20.9.